The second kappa shape index (κ2) is 6.40. The minimum Gasteiger partial charge on any atom is -0.469 e. The first-order valence-electron chi connectivity index (χ1n) is 5.16. The van der Waals surface area contributed by atoms with Crippen LogP contribution in [0.2, 0.25) is 0 Å². The van der Waals surface area contributed by atoms with Crippen LogP contribution in [0.5, 0.6) is 0 Å². The lowest BCUT2D eigenvalue weighted by Gasteiger charge is -2.22. The van der Waals surface area contributed by atoms with Crippen molar-refractivity contribution in [2.45, 2.75) is 31.7 Å². The van der Waals surface area contributed by atoms with Gasteiger partial charge in [0.2, 0.25) is 5.91 Å². The molecule has 5 heteroatoms. The summed E-state index contributed by atoms with van der Waals surface area (Å²) < 4.78 is 9.62. The zero-order valence-electron chi connectivity index (χ0n) is 8.95. The molecule has 1 saturated heterocycles. The molecule has 0 aromatic rings. The summed E-state index contributed by atoms with van der Waals surface area (Å²) in [4.78, 5) is 22.2. The van der Waals surface area contributed by atoms with E-state index in [4.69, 9.17) is 4.74 Å². The average Bonchev–Trinajstić information content (AvgIpc) is 2.27. The van der Waals surface area contributed by atoms with E-state index in [0.29, 0.717) is 13.2 Å². The predicted octanol–water partition coefficient (Wildman–Crippen LogP) is 0.235. The summed E-state index contributed by atoms with van der Waals surface area (Å²) in [6.07, 6.45) is 2.05. The van der Waals surface area contributed by atoms with E-state index >= 15 is 0 Å². The van der Waals surface area contributed by atoms with Gasteiger partial charge in [-0.15, -0.1) is 0 Å². The van der Waals surface area contributed by atoms with Crippen molar-refractivity contribution in [1.29, 1.82) is 0 Å². The number of ether oxygens (including phenoxy) is 2. The third-order valence-corrected chi connectivity index (χ3v) is 2.37. The number of amides is 1. The van der Waals surface area contributed by atoms with Crippen LogP contribution in [0.15, 0.2) is 0 Å². The first-order chi connectivity index (χ1) is 7.22. The fourth-order valence-corrected chi connectivity index (χ4v) is 1.46. The summed E-state index contributed by atoms with van der Waals surface area (Å²) in [5.74, 6) is -0.440. The second-order valence-corrected chi connectivity index (χ2v) is 3.53. The van der Waals surface area contributed by atoms with Gasteiger partial charge in [-0.2, -0.15) is 0 Å². The number of rotatable bonds is 4. The topological polar surface area (TPSA) is 64.6 Å². The Morgan fingerprint density at radius 3 is 2.60 bits per heavy atom. The molecule has 1 N–H and O–H groups in total. The highest BCUT2D eigenvalue weighted by atomic mass is 16.5. The highest BCUT2D eigenvalue weighted by Gasteiger charge is 2.16. The van der Waals surface area contributed by atoms with Crippen molar-refractivity contribution in [2.75, 3.05) is 20.3 Å². The molecule has 0 aromatic carbocycles. The molecule has 0 aliphatic carbocycles. The van der Waals surface area contributed by atoms with Crippen LogP contribution in [0.1, 0.15) is 25.7 Å². The van der Waals surface area contributed by atoms with Gasteiger partial charge in [0.1, 0.15) is 0 Å². The van der Waals surface area contributed by atoms with Gasteiger partial charge >= 0.3 is 5.97 Å². The van der Waals surface area contributed by atoms with Crippen molar-refractivity contribution in [3.8, 4) is 0 Å². The quantitative estimate of drug-likeness (QED) is 0.682. The molecule has 1 amide bonds. The lowest BCUT2D eigenvalue weighted by Crippen LogP contribution is -2.38. The van der Waals surface area contributed by atoms with Crippen molar-refractivity contribution in [2.24, 2.45) is 0 Å². The Morgan fingerprint density at radius 1 is 1.33 bits per heavy atom. The van der Waals surface area contributed by atoms with E-state index in [-0.39, 0.29) is 30.8 Å². The molecule has 5 nitrogen and oxygen atoms in total. The van der Waals surface area contributed by atoms with Crippen LogP contribution in [0.25, 0.3) is 0 Å². The number of esters is 1. The highest BCUT2D eigenvalue weighted by molar-refractivity contribution is 5.81. The molecule has 86 valence electrons. The fourth-order valence-electron chi connectivity index (χ4n) is 1.46. The normalized spacial score (nSPS) is 17.1. The van der Waals surface area contributed by atoms with Crippen LogP contribution in [-0.4, -0.2) is 38.2 Å². The van der Waals surface area contributed by atoms with Crippen LogP contribution in [0.4, 0.5) is 0 Å². The molecule has 0 atom stereocenters. The SMILES string of the molecule is COC(=O)CCC(=O)NC1CCOCC1. The molecule has 0 radical (unpaired) electrons. The third-order valence-electron chi connectivity index (χ3n) is 2.37. The number of nitrogens with one attached hydrogen (secondary N) is 1. The predicted molar refractivity (Wildman–Crippen MR) is 53.2 cm³/mol. The summed E-state index contributed by atoms with van der Waals surface area (Å²) in [6.45, 7) is 1.39. The number of carbonyl (C=O) groups excluding carboxylic acids is 2. The third kappa shape index (κ3) is 4.78. The Labute approximate surface area is 89.1 Å². The van der Waals surface area contributed by atoms with Crippen molar-refractivity contribution in [3.05, 3.63) is 0 Å². The van der Waals surface area contributed by atoms with Gasteiger partial charge in [-0.25, -0.2) is 0 Å². The Morgan fingerprint density at radius 2 is 2.00 bits per heavy atom. The van der Waals surface area contributed by atoms with E-state index in [2.05, 4.69) is 10.1 Å². The van der Waals surface area contributed by atoms with Crippen molar-refractivity contribution in [1.82, 2.24) is 5.32 Å². The Balaban J connectivity index is 2.14. The lowest BCUT2D eigenvalue weighted by atomic mass is 10.1. The van der Waals surface area contributed by atoms with E-state index in [9.17, 15) is 9.59 Å². The summed E-state index contributed by atoms with van der Waals surface area (Å²) in [5.41, 5.74) is 0. The molecule has 0 saturated carbocycles. The standard InChI is InChI=1S/C10H17NO4/c1-14-10(13)3-2-9(12)11-8-4-6-15-7-5-8/h8H,2-7H2,1H3,(H,11,12). The van der Waals surface area contributed by atoms with Gasteiger partial charge in [0.05, 0.1) is 13.5 Å². The Bertz CT molecular complexity index is 223. The molecule has 1 aliphatic heterocycles. The van der Waals surface area contributed by atoms with Crippen LogP contribution in [0, 0.1) is 0 Å². The number of hydrogen-bond donors (Lipinski definition) is 1. The Kier molecular flexibility index (Phi) is 5.10. The van der Waals surface area contributed by atoms with Gasteiger partial charge in [-0.3, -0.25) is 9.59 Å². The van der Waals surface area contributed by atoms with E-state index in [1.807, 2.05) is 0 Å². The van der Waals surface area contributed by atoms with E-state index in [0.717, 1.165) is 12.8 Å². The molecule has 0 spiro atoms. The molecular formula is C10H17NO4. The molecular weight excluding hydrogens is 198 g/mol. The molecule has 1 fully saturated rings. The number of carbonyl (C=O) groups is 2. The number of methoxy groups -OCH3 is 1. The highest BCUT2D eigenvalue weighted by Crippen LogP contribution is 2.06. The summed E-state index contributed by atoms with van der Waals surface area (Å²) in [5, 5.41) is 2.87. The maximum Gasteiger partial charge on any atom is 0.306 e. The smallest absolute Gasteiger partial charge is 0.306 e. The number of hydrogen-bond acceptors (Lipinski definition) is 4. The van der Waals surface area contributed by atoms with E-state index < -0.39 is 0 Å². The van der Waals surface area contributed by atoms with Gasteiger partial charge in [-0.1, -0.05) is 0 Å². The maximum absolute atomic E-state index is 11.4. The van der Waals surface area contributed by atoms with Crippen molar-refractivity contribution < 1.29 is 19.1 Å². The fraction of sp³-hybridized carbons (Fsp3) is 0.800. The molecule has 1 rings (SSSR count). The summed E-state index contributed by atoms with van der Waals surface area (Å²) in [6, 6.07) is 0.198. The lowest BCUT2D eigenvalue weighted by molar-refractivity contribution is -0.142. The largest absolute Gasteiger partial charge is 0.469 e. The van der Waals surface area contributed by atoms with Gasteiger partial charge in [-0.05, 0) is 12.8 Å². The minimum atomic E-state index is -0.350. The van der Waals surface area contributed by atoms with Gasteiger partial charge in [0.15, 0.2) is 0 Å². The van der Waals surface area contributed by atoms with Crippen LogP contribution >= 0.6 is 0 Å². The van der Waals surface area contributed by atoms with Gasteiger partial charge in [0, 0.05) is 25.7 Å². The summed E-state index contributed by atoms with van der Waals surface area (Å²) >= 11 is 0. The van der Waals surface area contributed by atoms with Crippen LogP contribution in [-0.2, 0) is 19.1 Å². The molecule has 0 bridgehead atoms. The molecule has 15 heavy (non-hydrogen) atoms. The first kappa shape index (κ1) is 12.0. The van der Waals surface area contributed by atoms with Crippen LogP contribution in [0.3, 0.4) is 0 Å². The summed E-state index contributed by atoms with van der Waals surface area (Å²) in [7, 11) is 1.32. The zero-order valence-corrected chi connectivity index (χ0v) is 8.95. The maximum atomic E-state index is 11.4. The molecule has 1 heterocycles. The van der Waals surface area contributed by atoms with Crippen LogP contribution < -0.4 is 5.32 Å². The average molecular weight is 215 g/mol. The van der Waals surface area contributed by atoms with Gasteiger partial charge in [0.25, 0.3) is 0 Å². The second-order valence-electron chi connectivity index (χ2n) is 3.53. The molecule has 1 aliphatic rings. The zero-order chi connectivity index (χ0) is 11.1. The minimum absolute atomic E-state index is 0.0905. The Hall–Kier alpha value is -1.10. The van der Waals surface area contributed by atoms with E-state index in [1.165, 1.54) is 7.11 Å². The first-order valence-corrected chi connectivity index (χ1v) is 5.16. The van der Waals surface area contributed by atoms with Crippen molar-refractivity contribution >= 4 is 11.9 Å². The van der Waals surface area contributed by atoms with E-state index in [1.54, 1.807) is 0 Å². The molecule has 0 unspecified atom stereocenters. The monoisotopic (exact) mass is 215 g/mol. The van der Waals surface area contributed by atoms with Gasteiger partial charge < -0.3 is 14.8 Å². The van der Waals surface area contributed by atoms with Crippen molar-refractivity contribution in [3.63, 3.8) is 0 Å². The molecule has 0 aromatic heterocycles.